The molecule has 1 aliphatic heterocycles. The first-order valence-corrected chi connectivity index (χ1v) is 3.07. The van der Waals surface area contributed by atoms with Crippen LogP contribution in [0.1, 0.15) is 6.42 Å². The van der Waals surface area contributed by atoms with Crippen molar-refractivity contribution in [3.63, 3.8) is 0 Å². The van der Waals surface area contributed by atoms with Gasteiger partial charge in [-0.3, -0.25) is 0 Å². The first-order valence-electron chi connectivity index (χ1n) is 3.07. The Morgan fingerprint density at radius 1 is 1.70 bits per heavy atom. The Morgan fingerprint density at radius 2 is 2.40 bits per heavy atom. The first kappa shape index (κ1) is 7.53. The molecule has 4 nitrogen and oxygen atoms in total. The van der Waals surface area contributed by atoms with Crippen molar-refractivity contribution in [2.45, 2.75) is 18.8 Å². The van der Waals surface area contributed by atoms with Gasteiger partial charge in [0.05, 0.1) is 6.61 Å². The summed E-state index contributed by atoms with van der Waals surface area (Å²) in [6.45, 7) is -0.306. The van der Waals surface area contributed by atoms with Crippen LogP contribution in [0.25, 0.3) is 0 Å². The van der Waals surface area contributed by atoms with E-state index in [1.807, 2.05) is 0 Å². The Hall–Kier alpha value is -0.580. The van der Waals surface area contributed by atoms with Crippen molar-refractivity contribution < 1.29 is 20.1 Å². The molecule has 0 saturated heterocycles. The highest BCUT2D eigenvalue weighted by molar-refractivity contribution is 5.01. The van der Waals surface area contributed by atoms with Gasteiger partial charge in [0.15, 0.2) is 6.29 Å². The van der Waals surface area contributed by atoms with Crippen LogP contribution >= 0.6 is 0 Å². The van der Waals surface area contributed by atoms with Crippen molar-refractivity contribution in [2.24, 2.45) is 0 Å². The molecule has 2 atom stereocenters. The Labute approximate surface area is 58.4 Å². The van der Waals surface area contributed by atoms with E-state index in [0.717, 1.165) is 0 Å². The normalized spacial score (nSPS) is 33.6. The molecule has 0 radical (unpaired) electrons. The van der Waals surface area contributed by atoms with Gasteiger partial charge in [-0.2, -0.15) is 0 Å². The van der Waals surface area contributed by atoms with Crippen molar-refractivity contribution in [1.29, 1.82) is 0 Å². The van der Waals surface area contributed by atoms with Crippen molar-refractivity contribution in [1.82, 2.24) is 0 Å². The van der Waals surface area contributed by atoms with E-state index in [4.69, 9.17) is 20.1 Å². The van der Waals surface area contributed by atoms with E-state index in [1.54, 1.807) is 0 Å². The predicted molar refractivity (Wildman–Crippen MR) is 33.3 cm³/mol. The Balaban J connectivity index is 2.56. The van der Waals surface area contributed by atoms with E-state index in [-0.39, 0.29) is 18.8 Å². The van der Waals surface area contributed by atoms with Gasteiger partial charge in [-0.15, -0.1) is 0 Å². The highest BCUT2D eigenvalue weighted by atomic mass is 16.6. The van der Waals surface area contributed by atoms with Crippen molar-refractivity contribution in [3.8, 4) is 0 Å². The van der Waals surface area contributed by atoms with Crippen LogP contribution in [0, 0.1) is 0 Å². The average molecular weight is 146 g/mol. The van der Waals surface area contributed by atoms with Crippen LogP contribution in [0.3, 0.4) is 0 Å². The smallest absolute Gasteiger partial charge is 0.159 e. The van der Waals surface area contributed by atoms with Gasteiger partial charge in [-0.05, 0) is 6.08 Å². The average Bonchev–Trinajstić information content (AvgIpc) is 1.94. The molecule has 3 N–H and O–H groups in total. The molecule has 4 heteroatoms. The zero-order valence-corrected chi connectivity index (χ0v) is 5.40. The van der Waals surface area contributed by atoms with Crippen LogP contribution in [0.4, 0.5) is 0 Å². The predicted octanol–water partition coefficient (Wildman–Crippen LogP) is -0.472. The molecule has 58 valence electrons. The molecule has 1 heterocycles. The van der Waals surface area contributed by atoms with Crippen molar-refractivity contribution in [3.05, 3.63) is 11.8 Å². The van der Waals surface area contributed by atoms with Crippen molar-refractivity contribution >= 4 is 0 Å². The molecule has 0 aliphatic carbocycles. The second-order valence-corrected chi connectivity index (χ2v) is 2.13. The number of hydrogen-bond donors (Lipinski definition) is 3. The van der Waals surface area contributed by atoms with Gasteiger partial charge in [0.2, 0.25) is 0 Å². The van der Waals surface area contributed by atoms with E-state index in [0.29, 0.717) is 0 Å². The fourth-order valence-corrected chi connectivity index (χ4v) is 0.804. The van der Waals surface area contributed by atoms with Gasteiger partial charge >= 0.3 is 0 Å². The van der Waals surface area contributed by atoms with Gasteiger partial charge in [0.25, 0.3) is 0 Å². The molecule has 0 fully saturated rings. The molecule has 0 amide bonds. The summed E-state index contributed by atoms with van der Waals surface area (Å²) in [4.78, 5) is 0. The summed E-state index contributed by atoms with van der Waals surface area (Å²) >= 11 is 0. The Kier molecular flexibility index (Phi) is 2.26. The van der Waals surface area contributed by atoms with Crippen LogP contribution in [-0.4, -0.2) is 34.3 Å². The lowest BCUT2D eigenvalue weighted by Gasteiger charge is -2.22. The highest BCUT2D eigenvalue weighted by Gasteiger charge is 2.21. The fourth-order valence-electron chi connectivity index (χ4n) is 0.804. The van der Waals surface area contributed by atoms with Gasteiger partial charge < -0.3 is 20.1 Å². The zero-order valence-electron chi connectivity index (χ0n) is 5.40. The van der Waals surface area contributed by atoms with Gasteiger partial charge in [0.1, 0.15) is 11.9 Å². The van der Waals surface area contributed by atoms with Gasteiger partial charge in [-0.25, -0.2) is 0 Å². The monoisotopic (exact) mass is 146 g/mol. The number of aliphatic hydroxyl groups is 3. The summed E-state index contributed by atoms with van der Waals surface area (Å²) in [6.07, 6.45) is 0.0778. The lowest BCUT2D eigenvalue weighted by molar-refractivity contribution is -0.150. The second kappa shape index (κ2) is 3.01. The van der Waals surface area contributed by atoms with E-state index < -0.39 is 12.4 Å². The molecule has 0 aromatic carbocycles. The summed E-state index contributed by atoms with van der Waals surface area (Å²) in [5.41, 5.74) is 0. The van der Waals surface area contributed by atoms with Crippen LogP contribution in [-0.2, 0) is 4.74 Å². The molecule has 0 spiro atoms. The Bertz CT molecular complexity index is 143. The maximum absolute atomic E-state index is 8.95. The minimum absolute atomic E-state index is 0.00667. The summed E-state index contributed by atoms with van der Waals surface area (Å²) in [6, 6.07) is 0. The largest absolute Gasteiger partial charge is 0.510 e. The molecular formula is C6H10O4. The quantitative estimate of drug-likeness (QED) is 0.467. The maximum atomic E-state index is 8.95. The summed E-state index contributed by atoms with van der Waals surface area (Å²) in [5, 5.41) is 26.3. The third-order valence-corrected chi connectivity index (χ3v) is 1.35. The minimum atomic E-state index is -0.895. The summed E-state index contributed by atoms with van der Waals surface area (Å²) in [5.74, 6) is -0.00667. The topological polar surface area (TPSA) is 69.9 Å². The first-order chi connectivity index (χ1) is 4.74. The maximum Gasteiger partial charge on any atom is 0.159 e. The number of rotatable bonds is 1. The van der Waals surface area contributed by atoms with E-state index in [2.05, 4.69) is 0 Å². The fraction of sp³-hybridized carbons (Fsp3) is 0.667. The molecule has 0 unspecified atom stereocenters. The van der Waals surface area contributed by atoms with Crippen LogP contribution < -0.4 is 0 Å². The van der Waals surface area contributed by atoms with Crippen LogP contribution in [0.5, 0.6) is 0 Å². The van der Waals surface area contributed by atoms with Gasteiger partial charge in [-0.1, -0.05) is 0 Å². The van der Waals surface area contributed by atoms with Crippen molar-refractivity contribution in [2.75, 3.05) is 6.61 Å². The van der Waals surface area contributed by atoms with Crippen LogP contribution in [0.2, 0.25) is 0 Å². The highest BCUT2D eigenvalue weighted by Crippen LogP contribution is 2.14. The van der Waals surface area contributed by atoms with E-state index in [9.17, 15) is 0 Å². The minimum Gasteiger partial charge on any atom is -0.510 e. The number of aliphatic hydroxyl groups excluding tert-OH is 3. The molecule has 10 heavy (non-hydrogen) atoms. The molecule has 0 aromatic rings. The van der Waals surface area contributed by atoms with Crippen LogP contribution in [0.15, 0.2) is 11.8 Å². The summed E-state index contributed by atoms with van der Waals surface area (Å²) in [7, 11) is 0. The summed E-state index contributed by atoms with van der Waals surface area (Å²) < 4.78 is 4.73. The molecule has 0 bridgehead atoms. The standard InChI is InChI=1S/C6H10O4/c7-3-5-4(8)1-2-6(9)10-5/h1,5-9H,2-3H2/t5-,6+/m1/s1. The third-order valence-electron chi connectivity index (χ3n) is 1.35. The molecule has 0 aromatic heterocycles. The van der Waals surface area contributed by atoms with E-state index >= 15 is 0 Å². The van der Waals surface area contributed by atoms with Gasteiger partial charge in [0, 0.05) is 6.42 Å². The lowest BCUT2D eigenvalue weighted by Crippen LogP contribution is -2.30. The number of ether oxygens (including phenoxy) is 1. The van der Waals surface area contributed by atoms with E-state index in [1.165, 1.54) is 6.08 Å². The third kappa shape index (κ3) is 1.47. The molecule has 0 saturated carbocycles. The second-order valence-electron chi connectivity index (χ2n) is 2.13. The molecular weight excluding hydrogens is 136 g/mol. The lowest BCUT2D eigenvalue weighted by atomic mass is 10.2. The molecule has 1 aliphatic rings. The number of hydrogen-bond acceptors (Lipinski definition) is 4. The zero-order chi connectivity index (χ0) is 7.56. The SMILES string of the molecule is OC[C@H]1O[C@H](O)CC=C1O. The Morgan fingerprint density at radius 3 is 2.90 bits per heavy atom. The molecule has 1 rings (SSSR count).